The molecule has 2 aromatic carbocycles. The van der Waals surface area contributed by atoms with Crippen LogP contribution in [0.4, 0.5) is 4.39 Å². The number of hydrogen-bond acceptors (Lipinski definition) is 2. The van der Waals surface area contributed by atoms with Crippen molar-refractivity contribution in [1.82, 2.24) is 0 Å². The normalized spacial score (nSPS) is 13.4. The highest BCUT2D eigenvalue weighted by Gasteiger charge is 2.24. The van der Waals surface area contributed by atoms with Crippen LogP contribution in [-0.2, 0) is 19.9 Å². The van der Waals surface area contributed by atoms with E-state index in [0.29, 0.717) is 11.1 Å². The molecule has 3 aromatic heterocycles. The summed E-state index contributed by atoms with van der Waals surface area (Å²) in [5.41, 5.74) is 6.72. The molecule has 0 atom stereocenters. The molecule has 0 aliphatic heterocycles. The van der Waals surface area contributed by atoms with Gasteiger partial charge in [0.25, 0.3) is 0 Å². The predicted octanol–water partition coefficient (Wildman–Crippen LogP) is 6.74. The molecule has 3 heterocycles. The first-order chi connectivity index (χ1) is 14.6. The summed E-state index contributed by atoms with van der Waals surface area (Å²) in [6, 6.07) is 16.0. The molecule has 148 valence electrons. The lowest BCUT2D eigenvalue weighted by Crippen LogP contribution is -2.30. The summed E-state index contributed by atoms with van der Waals surface area (Å²) in [7, 11) is 2.04. The van der Waals surface area contributed by atoms with E-state index >= 15 is 4.39 Å². The van der Waals surface area contributed by atoms with Crippen LogP contribution in [0.15, 0.2) is 59.1 Å². The molecule has 0 spiro atoms. The summed E-state index contributed by atoms with van der Waals surface area (Å²) < 4.78 is 23.7. The first-order valence-corrected chi connectivity index (χ1v) is 11.1. The molecule has 4 heteroatoms. The zero-order valence-electron chi connectivity index (χ0n) is 17.0. The van der Waals surface area contributed by atoms with Gasteiger partial charge >= 0.3 is 0 Å². The highest BCUT2D eigenvalue weighted by molar-refractivity contribution is 7.15. The molecule has 0 fully saturated rings. The Morgan fingerprint density at radius 2 is 1.77 bits per heavy atom. The molecule has 2 nitrogen and oxygen atoms in total. The van der Waals surface area contributed by atoms with Gasteiger partial charge in [0.2, 0.25) is 5.69 Å². The van der Waals surface area contributed by atoms with Gasteiger partial charge in [-0.2, -0.15) is 0 Å². The van der Waals surface area contributed by atoms with E-state index in [9.17, 15) is 0 Å². The fraction of sp³-hybridized carbons (Fsp3) is 0.192. The summed E-state index contributed by atoms with van der Waals surface area (Å²) in [6.45, 7) is 2.10. The number of fused-ring (bicyclic) bond motifs is 4. The van der Waals surface area contributed by atoms with Crippen LogP contribution in [0.5, 0.6) is 0 Å². The Balaban J connectivity index is 1.69. The van der Waals surface area contributed by atoms with E-state index in [2.05, 4.69) is 35.8 Å². The minimum absolute atomic E-state index is 0.218. The lowest BCUT2D eigenvalue weighted by Gasteiger charge is -2.04. The van der Waals surface area contributed by atoms with Crippen LogP contribution in [0.3, 0.4) is 0 Å². The second-order valence-corrected chi connectivity index (χ2v) is 9.28. The van der Waals surface area contributed by atoms with Crippen molar-refractivity contribution in [3.63, 3.8) is 0 Å². The number of pyridine rings is 1. The van der Waals surface area contributed by atoms with E-state index in [1.165, 1.54) is 16.9 Å². The first kappa shape index (κ1) is 17.8. The molecular weight excluding hydrogens is 393 g/mol. The van der Waals surface area contributed by atoms with Crippen molar-refractivity contribution in [2.75, 3.05) is 0 Å². The minimum atomic E-state index is -0.218. The predicted molar refractivity (Wildman–Crippen MR) is 120 cm³/mol. The molecule has 0 saturated carbocycles. The number of thiophene rings is 1. The van der Waals surface area contributed by atoms with Gasteiger partial charge in [-0.15, -0.1) is 11.3 Å². The van der Waals surface area contributed by atoms with E-state index < -0.39 is 0 Å². The molecule has 5 aromatic rings. The van der Waals surface area contributed by atoms with Gasteiger partial charge in [0.15, 0.2) is 6.20 Å². The number of rotatable bonds is 2. The van der Waals surface area contributed by atoms with Gasteiger partial charge in [-0.05, 0) is 61.6 Å². The van der Waals surface area contributed by atoms with Crippen LogP contribution in [0.2, 0.25) is 0 Å². The summed E-state index contributed by atoms with van der Waals surface area (Å²) in [5.74, 6) is -0.218. The molecule has 6 rings (SSSR count). The lowest BCUT2D eigenvalue weighted by molar-refractivity contribution is -0.660. The van der Waals surface area contributed by atoms with E-state index in [0.717, 1.165) is 50.9 Å². The summed E-state index contributed by atoms with van der Waals surface area (Å²) in [6.07, 6.45) is 5.44. The fourth-order valence-electron chi connectivity index (χ4n) is 4.76. The Hall–Kier alpha value is -2.98. The third-order valence-corrected chi connectivity index (χ3v) is 7.53. The summed E-state index contributed by atoms with van der Waals surface area (Å²) in [4.78, 5) is 2.37. The van der Waals surface area contributed by atoms with Gasteiger partial charge in [0.05, 0.1) is 11.1 Å². The zero-order chi connectivity index (χ0) is 20.4. The van der Waals surface area contributed by atoms with Gasteiger partial charge in [-0.3, -0.25) is 0 Å². The third-order valence-electron chi connectivity index (χ3n) is 6.27. The average molecular weight is 415 g/mol. The summed E-state index contributed by atoms with van der Waals surface area (Å²) in [5, 5.41) is 1.99. The smallest absolute Gasteiger partial charge is 0.216 e. The highest BCUT2D eigenvalue weighted by Crippen LogP contribution is 2.44. The standard InChI is InChI=1S/C26H21FNOS/c1-15-9-10-17-18-11-12-19(27)24(22-14-16-6-5-8-21(16)30-22)26(18)29-25(17)23(15)20-7-3-4-13-28(20)2/h3-4,7,9-14H,5-6,8H2,1-2H3/q+1. The van der Waals surface area contributed by atoms with Gasteiger partial charge in [-0.25, -0.2) is 8.96 Å². The van der Waals surface area contributed by atoms with Crippen molar-refractivity contribution in [3.05, 3.63) is 76.5 Å². The van der Waals surface area contributed by atoms with Crippen LogP contribution in [0.1, 0.15) is 22.4 Å². The highest BCUT2D eigenvalue weighted by atomic mass is 32.1. The molecule has 1 aliphatic rings. The maximum atomic E-state index is 15.1. The number of nitrogens with zero attached hydrogens (tertiary/aromatic N) is 1. The zero-order valence-corrected chi connectivity index (χ0v) is 17.8. The van der Waals surface area contributed by atoms with Crippen LogP contribution in [-0.4, -0.2) is 0 Å². The van der Waals surface area contributed by atoms with Crippen molar-refractivity contribution in [2.24, 2.45) is 7.05 Å². The monoisotopic (exact) mass is 414 g/mol. The molecular formula is C26H21FNOS+. The van der Waals surface area contributed by atoms with Crippen molar-refractivity contribution in [1.29, 1.82) is 0 Å². The van der Waals surface area contributed by atoms with Crippen LogP contribution in [0, 0.1) is 12.7 Å². The van der Waals surface area contributed by atoms with Crippen molar-refractivity contribution >= 4 is 33.3 Å². The quantitative estimate of drug-likeness (QED) is 0.292. The second kappa shape index (κ2) is 6.51. The van der Waals surface area contributed by atoms with Crippen molar-refractivity contribution in [2.45, 2.75) is 26.2 Å². The van der Waals surface area contributed by atoms with E-state index in [-0.39, 0.29) is 5.82 Å². The average Bonchev–Trinajstić information content (AvgIpc) is 3.41. The van der Waals surface area contributed by atoms with Crippen LogP contribution in [0.25, 0.3) is 43.6 Å². The number of aromatic nitrogens is 1. The lowest BCUT2D eigenvalue weighted by atomic mass is 10.00. The Morgan fingerprint density at radius 3 is 2.57 bits per heavy atom. The Labute approximate surface area is 178 Å². The number of hydrogen-bond donors (Lipinski definition) is 0. The topological polar surface area (TPSA) is 17.0 Å². The molecule has 0 saturated heterocycles. The molecule has 30 heavy (non-hydrogen) atoms. The van der Waals surface area contributed by atoms with Gasteiger partial charge in [-0.1, -0.05) is 12.1 Å². The van der Waals surface area contributed by atoms with Crippen molar-refractivity contribution < 1.29 is 13.4 Å². The molecule has 0 unspecified atom stereocenters. The van der Waals surface area contributed by atoms with E-state index in [1.54, 1.807) is 17.4 Å². The first-order valence-electron chi connectivity index (χ1n) is 10.3. The molecule has 0 bridgehead atoms. The summed E-state index contributed by atoms with van der Waals surface area (Å²) >= 11 is 1.72. The molecule has 1 aliphatic carbocycles. The Morgan fingerprint density at radius 1 is 0.967 bits per heavy atom. The van der Waals surface area contributed by atoms with Gasteiger partial charge < -0.3 is 4.42 Å². The molecule has 0 radical (unpaired) electrons. The number of aryl methyl sites for hydroxylation is 4. The maximum absolute atomic E-state index is 15.1. The van der Waals surface area contributed by atoms with E-state index in [1.807, 2.05) is 31.4 Å². The van der Waals surface area contributed by atoms with Gasteiger partial charge in [0.1, 0.15) is 24.0 Å². The number of furan rings is 1. The van der Waals surface area contributed by atoms with Gasteiger partial charge in [0, 0.05) is 32.7 Å². The fourth-order valence-corrected chi connectivity index (χ4v) is 6.06. The SMILES string of the molecule is Cc1ccc2c(oc3c(-c4cc5c(s4)CCC5)c(F)ccc32)c1-c1cccc[n+]1C. The number of halogens is 1. The third kappa shape index (κ3) is 2.50. The molecule has 0 amide bonds. The van der Waals surface area contributed by atoms with E-state index in [4.69, 9.17) is 4.42 Å². The Bertz CT molecular complexity index is 1440. The van der Waals surface area contributed by atoms with Crippen LogP contribution < -0.4 is 4.57 Å². The van der Waals surface area contributed by atoms with Crippen LogP contribution >= 0.6 is 11.3 Å². The number of benzene rings is 2. The minimum Gasteiger partial charge on any atom is -0.454 e. The Kier molecular flexibility index (Phi) is 3.87. The second-order valence-electron chi connectivity index (χ2n) is 8.14. The maximum Gasteiger partial charge on any atom is 0.216 e. The largest absolute Gasteiger partial charge is 0.454 e. The van der Waals surface area contributed by atoms with Crippen molar-refractivity contribution in [3.8, 4) is 21.7 Å². The molecule has 0 N–H and O–H groups in total.